The summed E-state index contributed by atoms with van der Waals surface area (Å²) >= 11 is 1.75. The molecule has 2 atom stereocenters. The van der Waals surface area contributed by atoms with Crippen molar-refractivity contribution in [1.82, 2.24) is 14.9 Å². The van der Waals surface area contributed by atoms with Crippen LogP contribution in [0.15, 0.2) is 6.20 Å². The Balaban J connectivity index is -0.000000529. The minimum atomic E-state index is -4.38. The summed E-state index contributed by atoms with van der Waals surface area (Å²) in [7, 11) is -4.38. The molecular weight excluding hydrogens is 442 g/mol. The molecule has 1 radical (unpaired) electrons. The Morgan fingerprint density at radius 1 is 1.37 bits per heavy atom. The van der Waals surface area contributed by atoms with Gasteiger partial charge in [0.2, 0.25) is 0 Å². The summed E-state index contributed by atoms with van der Waals surface area (Å²) in [5.74, 6) is 1.98. The van der Waals surface area contributed by atoms with Crippen LogP contribution in [0.1, 0.15) is 24.7 Å². The zero-order chi connectivity index (χ0) is 16.3. The van der Waals surface area contributed by atoms with Crippen molar-refractivity contribution in [2.24, 2.45) is 0 Å². The first kappa shape index (κ1) is 34.2. The van der Waals surface area contributed by atoms with Gasteiger partial charge in [-0.15, -0.1) is 11.8 Å². The van der Waals surface area contributed by atoms with Gasteiger partial charge in [-0.3, -0.25) is 9.42 Å². The van der Waals surface area contributed by atoms with Crippen LogP contribution in [0.3, 0.4) is 0 Å². The Bertz CT molecular complexity index is 584. The molecule has 1 saturated heterocycles. The van der Waals surface area contributed by atoms with E-state index < -0.39 is 7.82 Å². The molecule has 161 valence electrons. The van der Waals surface area contributed by atoms with E-state index in [4.69, 9.17) is 15.5 Å². The number of aryl methyl sites for hydroxylation is 1. The van der Waals surface area contributed by atoms with Crippen LogP contribution in [0, 0.1) is 6.92 Å². The second-order valence-corrected chi connectivity index (χ2v) is 7.70. The molecule has 12 N–H and O–H groups in total. The number of phosphoric ester groups is 1. The second kappa shape index (κ2) is 14.7. The molecule has 27 heavy (non-hydrogen) atoms. The number of thioether (sulfide) groups is 1. The van der Waals surface area contributed by atoms with E-state index in [9.17, 15) is 4.57 Å². The maximum absolute atomic E-state index is 10.7. The van der Waals surface area contributed by atoms with Gasteiger partial charge in [-0.1, -0.05) is 0 Å². The van der Waals surface area contributed by atoms with Crippen LogP contribution in [0.5, 0.6) is 0 Å². The van der Waals surface area contributed by atoms with Gasteiger partial charge in [-0.05, 0) is 20.3 Å². The van der Waals surface area contributed by atoms with Gasteiger partial charge in [0.05, 0.1) is 6.61 Å². The Kier molecular flexibility index (Phi) is 18.6. The predicted molar refractivity (Wildman–Crippen MR) is 99.5 cm³/mol. The minimum Gasteiger partial charge on any atom is -0.412 e. The zero-order valence-electron chi connectivity index (χ0n) is 15.0. The summed E-state index contributed by atoms with van der Waals surface area (Å²) in [6, 6.07) is 0.256. The van der Waals surface area contributed by atoms with Gasteiger partial charge >= 0.3 is 7.82 Å². The van der Waals surface area contributed by atoms with E-state index in [1.165, 1.54) is 0 Å². The maximum Gasteiger partial charge on any atom is 0.469 e. The SMILES string of the molecule is Cc1ncc(CN2CS[C@@H](CCOP(=O)(O)O)C2C)c(N)n1.O.O.O.O.[V]. The zero-order valence-corrected chi connectivity index (χ0v) is 18.1. The first-order valence-corrected chi connectivity index (χ1v) is 9.48. The van der Waals surface area contributed by atoms with E-state index in [-0.39, 0.29) is 58.4 Å². The van der Waals surface area contributed by atoms with Gasteiger partial charge < -0.3 is 37.4 Å². The fourth-order valence-electron chi connectivity index (χ4n) is 2.34. The van der Waals surface area contributed by atoms with Crippen LogP contribution in [0.2, 0.25) is 0 Å². The first-order chi connectivity index (χ1) is 10.3. The molecule has 2 heterocycles. The molecule has 0 amide bonds. The molecular formula is C12H29N4O8PSV. The number of anilines is 1. The van der Waals surface area contributed by atoms with E-state index >= 15 is 0 Å². The Labute approximate surface area is 173 Å². The molecule has 0 aliphatic carbocycles. The summed E-state index contributed by atoms with van der Waals surface area (Å²) in [6.45, 7) is 4.60. The van der Waals surface area contributed by atoms with E-state index in [0.29, 0.717) is 24.6 Å². The molecule has 0 aromatic carbocycles. The summed E-state index contributed by atoms with van der Waals surface area (Å²) in [5, 5.41) is 0.263. The molecule has 2 rings (SSSR count). The van der Waals surface area contributed by atoms with Gasteiger partial charge in [-0.2, -0.15) is 0 Å². The van der Waals surface area contributed by atoms with Gasteiger partial charge in [0.25, 0.3) is 0 Å². The number of nitrogen functional groups attached to an aromatic ring is 1. The van der Waals surface area contributed by atoms with Crippen LogP contribution in [-0.2, 0) is 34.2 Å². The molecule has 0 spiro atoms. The normalized spacial score (nSPS) is 18.8. The van der Waals surface area contributed by atoms with Crippen LogP contribution < -0.4 is 5.73 Å². The molecule has 1 aliphatic heterocycles. The monoisotopic (exact) mass is 471 g/mol. The number of hydrogen-bond acceptors (Lipinski definition) is 7. The number of hydrogen-bond donors (Lipinski definition) is 3. The van der Waals surface area contributed by atoms with E-state index in [2.05, 4.69) is 26.3 Å². The van der Waals surface area contributed by atoms with Gasteiger partial charge in [-0.25, -0.2) is 14.5 Å². The van der Waals surface area contributed by atoms with Crippen molar-refractivity contribution in [3.05, 3.63) is 17.6 Å². The standard InChI is InChI=1S/C12H21N4O4PS.4H2O.V/c1-8-11(3-4-20-21(17,18)19)22-7-16(8)6-10-5-14-9(2)15-12(10)13;;;;;/h5,8,11H,3-4,6-7H2,1-2H3,(H2,13,14,15)(H2,17,18,19);4*1H2;/t8?,11-;;;;;/m0...../s1. The van der Waals surface area contributed by atoms with Crippen molar-refractivity contribution in [2.45, 2.75) is 38.1 Å². The molecule has 15 heteroatoms. The number of rotatable bonds is 6. The van der Waals surface area contributed by atoms with Gasteiger partial charge in [0.15, 0.2) is 0 Å². The van der Waals surface area contributed by atoms with Crippen molar-refractivity contribution in [1.29, 1.82) is 0 Å². The average Bonchev–Trinajstić information content (AvgIpc) is 2.73. The predicted octanol–water partition coefficient (Wildman–Crippen LogP) is -2.17. The second-order valence-electron chi connectivity index (χ2n) is 5.26. The summed E-state index contributed by atoms with van der Waals surface area (Å²) < 4.78 is 15.2. The van der Waals surface area contributed by atoms with Crippen LogP contribution in [-0.4, -0.2) is 70.3 Å². The van der Waals surface area contributed by atoms with Crippen molar-refractivity contribution < 1.29 is 59.3 Å². The van der Waals surface area contributed by atoms with Crippen molar-refractivity contribution in [3.63, 3.8) is 0 Å². The molecule has 0 saturated carbocycles. The fourth-order valence-corrected chi connectivity index (χ4v) is 4.10. The first-order valence-electron chi connectivity index (χ1n) is 6.90. The van der Waals surface area contributed by atoms with Gasteiger partial charge in [0.1, 0.15) is 11.6 Å². The number of phosphoric acid groups is 1. The summed E-state index contributed by atoms with van der Waals surface area (Å²) in [6.07, 6.45) is 2.34. The van der Waals surface area contributed by atoms with Crippen LogP contribution >= 0.6 is 19.6 Å². The maximum atomic E-state index is 10.7. The molecule has 1 unspecified atom stereocenters. The minimum absolute atomic E-state index is 0. The molecule has 0 bridgehead atoms. The molecule has 1 aromatic heterocycles. The smallest absolute Gasteiger partial charge is 0.412 e. The fraction of sp³-hybridized carbons (Fsp3) is 0.667. The quantitative estimate of drug-likeness (QED) is 0.381. The number of nitrogens with two attached hydrogens (primary N) is 1. The average molecular weight is 471 g/mol. The Morgan fingerprint density at radius 2 is 1.96 bits per heavy atom. The third-order valence-corrected chi connectivity index (χ3v) is 5.68. The molecule has 12 nitrogen and oxygen atoms in total. The van der Waals surface area contributed by atoms with Crippen LogP contribution in [0.4, 0.5) is 5.82 Å². The van der Waals surface area contributed by atoms with Crippen molar-refractivity contribution in [3.8, 4) is 0 Å². The third-order valence-electron chi connectivity index (χ3n) is 3.62. The van der Waals surface area contributed by atoms with Crippen molar-refractivity contribution >= 4 is 25.4 Å². The van der Waals surface area contributed by atoms with E-state index in [1.807, 2.05) is 0 Å². The van der Waals surface area contributed by atoms with E-state index in [1.54, 1.807) is 24.9 Å². The van der Waals surface area contributed by atoms with Crippen LogP contribution in [0.25, 0.3) is 0 Å². The van der Waals surface area contributed by atoms with E-state index in [0.717, 1.165) is 11.4 Å². The molecule has 1 aromatic rings. The third kappa shape index (κ3) is 10.7. The van der Waals surface area contributed by atoms with Crippen molar-refractivity contribution in [2.75, 3.05) is 18.2 Å². The Hall–Kier alpha value is -0.276. The number of nitrogens with zero attached hydrogens (tertiary/aromatic N) is 3. The largest absolute Gasteiger partial charge is 0.469 e. The Morgan fingerprint density at radius 3 is 2.48 bits per heavy atom. The van der Waals surface area contributed by atoms with Gasteiger partial charge in [0, 0.05) is 54.0 Å². The molecule has 1 aliphatic rings. The topological polar surface area (TPSA) is 248 Å². The molecule has 1 fully saturated rings. The summed E-state index contributed by atoms with van der Waals surface area (Å²) in [5.41, 5.74) is 6.81. The summed E-state index contributed by atoms with van der Waals surface area (Å²) in [4.78, 5) is 28.0. The number of aromatic nitrogens is 2.